The maximum atomic E-state index is 9.33. The van der Waals surface area contributed by atoms with E-state index in [0.717, 1.165) is 77.8 Å². The molecule has 7 aromatic carbocycles. The molecule has 0 bridgehead atoms. The van der Waals surface area contributed by atoms with E-state index in [1.807, 2.05) is 113 Å². The Morgan fingerprint density at radius 1 is 0.517 bits per heavy atom. The first kappa shape index (κ1) is 36.2. The zero-order valence-corrected chi connectivity index (χ0v) is 35.2. The van der Waals surface area contributed by atoms with Crippen molar-refractivity contribution in [3.63, 3.8) is 0 Å². The van der Waals surface area contributed by atoms with E-state index in [4.69, 9.17) is 9.40 Å². The van der Waals surface area contributed by atoms with E-state index < -0.39 is 11.8 Å². The van der Waals surface area contributed by atoms with Gasteiger partial charge in [-0.05, 0) is 102 Å². The fraction of sp³-hybridized carbons (Fsp3) is 0.111. The summed E-state index contributed by atoms with van der Waals surface area (Å²) in [5.74, 6) is -1.88. The number of furan rings is 1. The molecule has 10 rings (SSSR count). The second kappa shape index (κ2) is 16.7. The third kappa shape index (κ3) is 7.50. The Morgan fingerprint density at radius 2 is 1.22 bits per heavy atom. The molecule has 0 amide bonds. The van der Waals surface area contributed by atoms with Crippen LogP contribution in [-0.4, -0.2) is 9.97 Å². The van der Waals surface area contributed by atoms with Crippen LogP contribution >= 0.6 is 0 Å². The van der Waals surface area contributed by atoms with E-state index in [1.165, 1.54) is 21.5 Å². The van der Waals surface area contributed by atoms with Crippen molar-refractivity contribution in [2.24, 2.45) is 0 Å². The Kier molecular flexibility index (Phi) is 10.4. The van der Waals surface area contributed by atoms with E-state index in [-0.39, 0.29) is 20.1 Å². The molecule has 0 spiro atoms. The molecule has 0 aliphatic heterocycles. The minimum absolute atomic E-state index is 0. The average Bonchev–Trinajstić information content (AvgIpc) is 3.65. The van der Waals surface area contributed by atoms with Crippen molar-refractivity contribution < 1.29 is 27.3 Å². The van der Waals surface area contributed by atoms with Crippen molar-refractivity contribution in [3.05, 3.63) is 193 Å². The SMILES string of the molecule is [2H]C(C)(C)c1cc(-c2ccc3c(ccc4ccccc43)c2)cc(C([2H])(C)C)c1-c1ccnc(-c2[c-]ccc3c2oc2ccccc23)c1.[Ir].[c-]1ccccc1-c1ccccn1. The van der Waals surface area contributed by atoms with Gasteiger partial charge >= 0.3 is 0 Å². The number of hydrogen-bond acceptors (Lipinski definition) is 3. The van der Waals surface area contributed by atoms with Gasteiger partial charge in [-0.15, -0.1) is 54.1 Å². The largest absolute Gasteiger partial charge is 0.501 e. The predicted octanol–water partition coefficient (Wildman–Crippen LogP) is 14.9. The van der Waals surface area contributed by atoms with E-state index in [1.54, 1.807) is 6.20 Å². The summed E-state index contributed by atoms with van der Waals surface area (Å²) < 4.78 is 25.0. The molecule has 0 aliphatic carbocycles. The molecule has 58 heavy (non-hydrogen) atoms. The quantitative estimate of drug-likeness (QED) is 0.123. The van der Waals surface area contributed by atoms with Crippen molar-refractivity contribution in [2.75, 3.05) is 0 Å². The zero-order chi connectivity index (χ0) is 40.7. The van der Waals surface area contributed by atoms with Gasteiger partial charge in [0, 0.05) is 40.6 Å². The smallest absolute Gasteiger partial charge is 0.120 e. The van der Waals surface area contributed by atoms with E-state index in [9.17, 15) is 2.74 Å². The summed E-state index contributed by atoms with van der Waals surface area (Å²) >= 11 is 0. The molecular formula is C54H42IrN2O-2. The van der Waals surface area contributed by atoms with Crippen LogP contribution in [0, 0.1) is 12.1 Å². The molecule has 3 aromatic heterocycles. The Balaban J connectivity index is 0.000000329. The van der Waals surface area contributed by atoms with Gasteiger partial charge in [0.1, 0.15) is 5.58 Å². The van der Waals surface area contributed by atoms with Crippen LogP contribution in [0.15, 0.2) is 175 Å². The Bertz CT molecular complexity index is 3060. The maximum Gasteiger partial charge on any atom is 0.120 e. The number of pyridine rings is 2. The molecule has 1 radical (unpaired) electrons. The molecule has 0 saturated carbocycles. The third-order valence-corrected chi connectivity index (χ3v) is 10.6. The standard InChI is InChI=1S/C43H34NO.C11H8N.Ir/c1-26(2)38-23-32(29-18-19-34-30(22-29)17-16-28-10-5-6-11-33(28)34)24-39(27(3)4)42(38)31-20-21-44-40(25-31)37-14-9-13-36-35-12-7-8-15-41(35)45-43(36)37;1-2-6-10(7-3-1)11-8-4-5-9-12-11;/h5-13,15-27H,1-4H3;1-6,8-9H;/q2*-1;/i26D,27D;;. The van der Waals surface area contributed by atoms with Gasteiger partial charge in [-0.25, -0.2) is 0 Å². The monoisotopic (exact) mass is 929 g/mol. The second-order valence-electron chi connectivity index (χ2n) is 14.8. The molecule has 0 unspecified atom stereocenters. The summed E-state index contributed by atoms with van der Waals surface area (Å²) in [5.41, 5.74) is 10.7. The summed E-state index contributed by atoms with van der Waals surface area (Å²) in [6.07, 6.45) is 3.60. The number of aromatic nitrogens is 2. The van der Waals surface area contributed by atoms with Crippen LogP contribution in [-0.2, 0) is 20.1 Å². The van der Waals surface area contributed by atoms with Crippen LogP contribution < -0.4 is 0 Å². The van der Waals surface area contributed by atoms with Crippen LogP contribution in [0.3, 0.4) is 0 Å². The molecule has 0 aliphatic rings. The van der Waals surface area contributed by atoms with Gasteiger partial charge in [0.15, 0.2) is 0 Å². The first-order valence-corrected chi connectivity index (χ1v) is 19.3. The molecule has 3 heterocycles. The van der Waals surface area contributed by atoms with Gasteiger partial charge in [-0.1, -0.05) is 136 Å². The van der Waals surface area contributed by atoms with Gasteiger partial charge in [0.05, 0.1) is 5.58 Å². The fourth-order valence-corrected chi connectivity index (χ4v) is 7.78. The van der Waals surface area contributed by atoms with Crippen LogP contribution in [0.5, 0.6) is 0 Å². The Hall–Kier alpha value is -6.19. The van der Waals surface area contributed by atoms with Crippen molar-refractivity contribution in [1.82, 2.24) is 9.97 Å². The maximum absolute atomic E-state index is 9.33. The van der Waals surface area contributed by atoms with E-state index >= 15 is 0 Å². The van der Waals surface area contributed by atoms with Crippen molar-refractivity contribution in [2.45, 2.75) is 39.5 Å². The van der Waals surface area contributed by atoms with E-state index in [0.29, 0.717) is 0 Å². The molecule has 0 saturated heterocycles. The molecule has 0 fully saturated rings. The summed E-state index contributed by atoms with van der Waals surface area (Å²) in [6.45, 7) is 7.70. The van der Waals surface area contributed by atoms with Gasteiger partial charge in [0.25, 0.3) is 0 Å². The molecule has 0 N–H and O–H groups in total. The molecule has 4 heteroatoms. The predicted molar refractivity (Wildman–Crippen MR) is 238 cm³/mol. The second-order valence-corrected chi connectivity index (χ2v) is 14.8. The van der Waals surface area contributed by atoms with Crippen LogP contribution in [0.1, 0.15) is 53.4 Å². The molecule has 0 atom stereocenters. The minimum Gasteiger partial charge on any atom is -0.501 e. The Labute approximate surface area is 356 Å². The molecule has 3 nitrogen and oxygen atoms in total. The molecule has 10 aromatic rings. The number of fused-ring (bicyclic) bond motifs is 6. The fourth-order valence-electron chi connectivity index (χ4n) is 7.78. The third-order valence-electron chi connectivity index (χ3n) is 10.6. The number of benzene rings is 7. The van der Waals surface area contributed by atoms with Gasteiger partial charge in [-0.3, -0.25) is 0 Å². The zero-order valence-electron chi connectivity index (χ0n) is 34.8. The van der Waals surface area contributed by atoms with Crippen molar-refractivity contribution in [1.29, 1.82) is 0 Å². The number of nitrogens with zero attached hydrogens (tertiary/aromatic N) is 2. The molecule has 285 valence electrons. The normalized spacial score (nSPS) is 12.1. The number of para-hydroxylation sites is 1. The van der Waals surface area contributed by atoms with Crippen LogP contribution in [0.2, 0.25) is 0 Å². The van der Waals surface area contributed by atoms with E-state index in [2.05, 4.69) is 96.0 Å². The topological polar surface area (TPSA) is 38.9 Å². The number of hydrogen-bond donors (Lipinski definition) is 0. The molecular weight excluding hydrogens is 885 g/mol. The van der Waals surface area contributed by atoms with Gasteiger partial charge < -0.3 is 14.4 Å². The van der Waals surface area contributed by atoms with Crippen LogP contribution in [0.25, 0.3) is 88.3 Å². The summed E-state index contributed by atoms with van der Waals surface area (Å²) in [6, 6.07) is 59.9. The minimum atomic E-state index is -0.938. The van der Waals surface area contributed by atoms with Crippen molar-refractivity contribution >= 4 is 43.5 Å². The average molecular weight is 929 g/mol. The summed E-state index contributed by atoms with van der Waals surface area (Å²) in [7, 11) is 0. The first-order valence-electron chi connectivity index (χ1n) is 20.3. The van der Waals surface area contributed by atoms with Crippen molar-refractivity contribution in [3.8, 4) is 44.8 Å². The number of rotatable bonds is 6. The van der Waals surface area contributed by atoms with Crippen LogP contribution in [0.4, 0.5) is 0 Å². The first-order chi connectivity index (χ1) is 28.5. The summed E-state index contributed by atoms with van der Waals surface area (Å²) in [4.78, 5) is 8.99. The summed E-state index contributed by atoms with van der Waals surface area (Å²) in [5, 5.41) is 6.92. The Morgan fingerprint density at radius 3 is 1.98 bits per heavy atom. The van der Waals surface area contributed by atoms with Gasteiger partial charge in [-0.2, -0.15) is 0 Å². The van der Waals surface area contributed by atoms with Gasteiger partial charge in [0.2, 0.25) is 0 Å².